The first-order chi connectivity index (χ1) is 8.59. The van der Waals surface area contributed by atoms with E-state index >= 15 is 0 Å². The van der Waals surface area contributed by atoms with Gasteiger partial charge in [0.05, 0.1) is 9.79 Å². The Kier molecular flexibility index (Phi) is 3.42. The lowest BCUT2D eigenvalue weighted by molar-refractivity contribution is 0.476. The van der Waals surface area contributed by atoms with Crippen molar-refractivity contribution in [3.8, 4) is 5.75 Å². The average molecular weight is 341 g/mol. The van der Waals surface area contributed by atoms with Gasteiger partial charge in [0.25, 0.3) is 18.1 Å². The highest BCUT2D eigenvalue weighted by Crippen LogP contribution is 2.32. The number of benzene rings is 2. The molecule has 0 saturated heterocycles. The Bertz CT molecular complexity index is 872. The van der Waals surface area contributed by atoms with Crippen molar-refractivity contribution in [2.45, 2.75) is 9.79 Å². The Labute approximate surface area is 118 Å². The number of hydrogen-bond acceptors (Lipinski definition) is 5. The fraction of sp³-hybridized carbons (Fsp3) is 0. The highest BCUT2D eigenvalue weighted by atomic mass is 35.7. The van der Waals surface area contributed by atoms with Crippen molar-refractivity contribution in [2.24, 2.45) is 0 Å². The third kappa shape index (κ3) is 2.94. The summed E-state index contributed by atoms with van der Waals surface area (Å²) in [5.41, 5.74) is 0. The van der Waals surface area contributed by atoms with Gasteiger partial charge in [0.1, 0.15) is 5.75 Å². The average Bonchev–Trinajstić information content (AvgIpc) is 2.24. The van der Waals surface area contributed by atoms with Crippen LogP contribution in [0, 0.1) is 0 Å². The topological polar surface area (TPSA) is 88.5 Å². The van der Waals surface area contributed by atoms with Crippen LogP contribution in [0.25, 0.3) is 10.8 Å². The number of aromatic hydroxyl groups is 1. The predicted octanol–water partition coefficient (Wildman–Crippen LogP) is 2.40. The molecule has 19 heavy (non-hydrogen) atoms. The van der Waals surface area contributed by atoms with Crippen LogP contribution >= 0.6 is 21.4 Å². The van der Waals surface area contributed by atoms with E-state index in [0.29, 0.717) is 0 Å². The first-order valence-electron chi connectivity index (χ1n) is 4.75. The molecule has 9 heteroatoms. The number of phenolic OH excluding ortho intramolecular Hbond substituents is 1. The zero-order valence-electron chi connectivity index (χ0n) is 9.04. The second-order valence-electron chi connectivity index (χ2n) is 3.70. The highest BCUT2D eigenvalue weighted by molar-refractivity contribution is 8.14. The number of halogens is 2. The molecule has 1 N–H and O–H groups in total. The number of hydrogen-bond donors (Lipinski definition) is 1. The molecule has 0 aliphatic heterocycles. The molecule has 0 unspecified atom stereocenters. The van der Waals surface area contributed by atoms with Gasteiger partial charge in [-0.05, 0) is 35.7 Å². The van der Waals surface area contributed by atoms with E-state index in [1.165, 1.54) is 18.2 Å². The highest BCUT2D eigenvalue weighted by Gasteiger charge is 2.20. The van der Waals surface area contributed by atoms with Crippen molar-refractivity contribution in [3.63, 3.8) is 0 Å². The molecule has 2 aromatic carbocycles. The molecule has 2 aromatic rings. The molecule has 0 fully saturated rings. The van der Waals surface area contributed by atoms with E-state index in [2.05, 4.69) is 0 Å². The van der Waals surface area contributed by atoms with Crippen LogP contribution in [0.15, 0.2) is 40.1 Å². The van der Waals surface area contributed by atoms with Crippen LogP contribution in [0.1, 0.15) is 0 Å². The van der Waals surface area contributed by atoms with E-state index in [-0.39, 0.29) is 21.4 Å². The van der Waals surface area contributed by atoms with Gasteiger partial charge in [0.15, 0.2) is 0 Å². The van der Waals surface area contributed by atoms with Gasteiger partial charge in [-0.3, -0.25) is 0 Å². The lowest BCUT2D eigenvalue weighted by Crippen LogP contribution is -1.97. The minimum absolute atomic E-state index is 0.144. The van der Waals surface area contributed by atoms with Gasteiger partial charge in [-0.2, -0.15) is 0 Å². The van der Waals surface area contributed by atoms with Crippen LogP contribution in [0.5, 0.6) is 5.75 Å². The van der Waals surface area contributed by atoms with Crippen LogP contribution in [0.3, 0.4) is 0 Å². The molecule has 102 valence electrons. The Hall–Kier alpha value is -1.02. The fourth-order valence-electron chi connectivity index (χ4n) is 1.64. The molecule has 0 spiro atoms. The second kappa shape index (κ2) is 4.52. The lowest BCUT2D eigenvalue weighted by Gasteiger charge is -2.06. The van der Waals surface area contributed by atoms with Gasteiger partial charge in [-0.25, -0.2) is 16.8 Å². The SMILES string of the molecule is O=S(=O)(Cl)c1cc(S(=O)(=O)Cl)c2ccc(O)cc2c1. The van der Waals surface area contributed by atoms with Gasteiger partial charge in [-0.1, -0.05) is 0 Å². The lowest BCUT2D eigenvalue weighted by atomic mass is 10.1. The summed E-state index contributed by atoms with van der Waals surface area (Å²) in [6.45, 7) is 0. The van der Waals surface area contributed by atoms with E-state index in [1.54, 1.807) is 0 Å². The van der Waals surface area contributed by atoms with Crippen molar-refractivity contribution in [1.82, 2.24) is 0 Å². The predicted molar refractivity (Wildman–Crippen MR) is 71.7 cm³/mol. The van der Waals surface area contributed by atoms with Crippen LogP contribution in [-0.2, 0) is 18.1 Å². The number of rotatable bonds is 2. The first kappa shape index (κ1) is 14.4. The summed E-state index contributed by atoms with van der Waals surface area (Å²) in [5, 5.41) is 9.74. The molecule has 0 heterocycles. The molecule has 0 bridgehead atoms. The van der Waals surface area contributed by atoms with Gasteiger partial charge in [0, 0.05) is 26.8 Å². The molecule has 0 atom stereocenters. The molecule has 2 rings (SSSR count). The van der Waals surface area contributed by atoms with E-state index in [9.17, 15) is 21.9 Å². The Morgan fingerprint density at radius 3 is 2.05 bits per heavy atom. The standard InChI is InChI=1S/C10H6Cl2O5S2/c11-18(14,15)8-4-6-3-7(13)1-2-9(6)10(5-8)19(12,16)17/h1-5,13H. The molecule has 0 aliphatic carbocycles. The summed E-state index contributed by atoms with van der Waals surface area (Å²) >= 11 is 0. The minimum Gasteiger partial charge on any atom is -0.508 e. The summed E-state index contributed by atoms with van der Waals surface area (Å²) in [5.74, 6) is -0.144. The van der Waals surface area contributed by atoms with E-state index in [1.807, 2.05) is 0 Å². The zero-order chi connectivity index (χ0) is 14.4. The normalized spacial score (nSPS) is 12.7. The molecule has 5 nitrogen and oxygen atoms in total. The monoisotopic (exact) mass is 340 g/mol. The number of phenols is 1. The molecule has 0 amide bonds. The Morgan fingerprint density at radius 1 is 0.895 bits per heavy atom. The van der Waals surface area contributed by atoms with Crippen LogP contribution in [0.4, 0.5) is 0 Å². The fourth-order valence-corrected chi connectivity index (χ4v) is 3.61. The number of fused-ring (bicyclic) bond motifs is 1. The smallest absolute Gasteiger partial charge is 0.261 e. The molecule has 0 radical (unpaired) electrons. The van der Waals surface area contributed by atoms with Crippen LogP contribution in [0.2, 0.25) is 0 Å². The molecule has 0 aliphatic rings. The molecular weight excluding hydrogens is 335 g/mol. The van der Waals surface area contributed by atoms with E-state index < -0.39 is 23.0 Å². The summed E-state index contributed by atoms with van der Waals surface area (Å²) in [7, 11) is 2.18. The van der Waals surface area contributed by atoms with Crippen LogP contribution < -0.4 is 0 Å². The first-order valence-corrected chi connectivity index (χ1v) is 9.37. The summed E-state index contributed by atoms with van der Waals surface area (Å²) in [6, 6.07) is 5.84. The molecule has 0 saturated carbocycles. The van der Waals surface area contributed by atoms with E-state index in [0.717, 1.165) is 12.1 Å². The summed E-state index contributed by atoms with van der Waals surface area (Å²) in [6.07, 6.45) is 0. The van der Waals surface area contributed by atoms with Gasteiger partial charge >= 0.3 is 0 Å². The van der Waals surface area contributed by atoms with Crippen molar-refractivity contribution in [2.75, 3.05) is 0 Å². The maximum Gasteiger partial charge on any atom is 0.261 e. The second-order valence-corrected chi connectivity index (χ2v) is 8.80. The zero-order valence-corrected chi connectivity index (χ0v) is 12.2. The largest absolute Gasteiger partial charge is 0.508 e. The van der Waals surface area contributed by atoms with Crippen molar-refractivity contribution in [3.05, 3.63) is 30.3 Å². The maximum atomic E-state index is 11.5. The molecule has 0 aromatic heterocycles. The maximum absolute atomic E-state index is 11.5. The minimum atomic E-state index is -4.16. The van der Waals surface area contributed by atoms with E-state index in [4.69, 9.17) is 21.4 Å². The summed E-state index contributed by atoms with van der Waals surface area (Å²) < 4.78 is 45.6. The van der Waals surface area contributed by atoms with Gasteiger partial charge < -0.3 is 5.11 Å². The quantitative estimate of drug-likeness (QED) is 0.848. The molecular formula is C10H6Cl2O5S2. The van der Waals surface area contributed by atoms with Gasteiger partial charge in [0.2, 0.25) is 0 Å². The third-order valence-corrected chi connectivity index (χ3v) is 5.11. The van der Waals surface area contributed by atoms with Crippen LogP contribution in [-0.4, -0.2) is 21.9 Å². The third-order valence-electron chi connectivity index (χ3n) is 2.42. The Balaban J connectivity index is 3.01. The van der Waals surface area contributed by atoms with Gasteiger partial charge in [-0.15, -0.1) is 0 Å². The van der Waals surface area contributed by atoms with Crippen molar-refractivity contribution in [1.29, 1.82) is 0 Å². The Morgan fingerprint density at radius 2 is 1.53 bits per heavy atom. The van der Waals surface area contributed by atoms with Crippen molar-refractivity contribution >= 4 is 50.2 Å². The summed E-state index contributed by atoms with van der Waals surface area (Å²) in [4.78, 5) is -0.794. The van der Waals surface area contributed by atoms with Crippen molar-refractivity contribution < 1.29 is 21.9 Å².